The molecule has 2 atom stereocenters. The number of fused-ring (bicyclic) bond motifs is 1. The second-order valence-corrected chi connectivity index (χ2v) is 10.3. The molecular formula is C21H35IN4O2S. The maximum absolute atomic E-state index is 11.4. The molecule has 0 aromatic heterocycles. The number of aliphatic imine (C=N–C) groups is 1. The topological polar surface area (TPSA) is 65.0 Å². The highest BCUT2D eigenvalue weighted by molar-refractivity contribution is 14.0. The lowest BCUT2D eigenvalue weighted by Crippen LogP contribution is -2.56. The van der Waals surface area contributed by atoms with E-state index in [9.17, 15) is 8.42 Å². The number of hydrogen-bond donors (Lipinski definition) is 1. The van der Waals surface area contributed by atoms with Gasteiger partial charge in [0, 0.05) is 38.5 Å². The lowest BCUT2D eigenvalue weighted by atomic mass is 9.83. The smallest absolute Gasteiger partial charge is 0.193 e. The summed E-state index contributed by atoms with van der Waals surface area (Å²) in [7, 11) is -2.98. The molecule has 0 aliphatic carbocycles. The van der Waals surface area contributed by atoms with Crippen LogP contribution >= 0.6 is 24.0 Å². The maximum Gasteiger partial charge on any atom is 0.193 e. The number of benzene rings is 1. The third kappa shape index (κ3) is 7.40. The molecule has 0 radical (unpaired) electrons. The van der Waals surface area contributed by atoms with Gasteiger partial charge in [-0.25, -0.2) is 8.42 Å². The molecule has 0 bridgehead atoms. The van der Waals surface area contributed by atoms with Crippen molar-refractivity contribution in [1.82, 2.24) is 15.1 Å². The molecule has 2 heterocycles. The lowest BCUT2D eigenvalue weighted by Gasteiger charge is -2.48. The van der Waals surface area contributed by atoms with Crippen LogP contribution in [0.15, 0.2) is 35.3 Å². The Kier molecular flexibility index (Phi) is 9.68. The molecule has 0 spiro atoms. The van der Waals surface area contributed by atoms with Gasteiger partial charge in [0.1, 0.15) is 9.84 Å². The molecule has 0 saturated carbocycles. The van der Waals surface area contributed by atoms with Crippen molar-refractivity contribution in [3.8, 4) is 0 Å². The van der Waals surface area contributed by atoms with Gasteiger partial charge in [0.15, 0.2) is 5.96 Å². The predicted molar refractivity (Wildman–Crippen MR) is 131 cm³/mol. The minimum Gasteiger partial charge on any atom is -0.357 e. The van der Waals surface area contributed by atoms with Crippen LogP contribution in [0.5, 0.6) is 0 Å². The Morgan fingerprint density at radius 3 is 2.66 bits per heavy atom. The molecule has 8 heteroatoms. The minimum atomic E-state index is -2.98. The number of halogens is 1. The summed E-state index contributed by atoms with van der Waals surface area (Å²) in [5.41, 5.74) is 1.39. The van der Waals surface area contributed by atoms with E-state index in [1.54, 1.807) is 0 Å². The van der Waals surface area contributed by atoms with Crippen molar-refractivity contribution >= 4 is 39.8 Å². The summed E-state index contributed by atoms with van der Waals surface area (Å²) in [6, 6.07) is 11.4. The van der Waals surface area contributed by atoms with Crippen molar-refractivity contribution in [2.45, 2.75) is 38.8 Å². The van der Waals surface area contributed by atoms with E-state index in [1.165, 1.54) is 31.2 Å². The molecule has 2 fully saturated rings. The zero-order chi connectivity index (χ0) is 20.0. The summed E-state index contributed by atoms with van der Waals surface area (Å²) in [6.07, 6.45) is 4.90. The summed E-state index contributed by atoms with van der Waals surface area (Å²) in [6.45, 7) is 7.36. The van der Waals surface area contributed by atoms with E-state index in [0.717, 1.165) is 38.6 Å². The number of sulfone groups is 1. The average molecular weight is 535 g/mol. The summed E-state index contributed by atoms with van der Waals surface area (Å²) >= 11 is 0. The first-order valence-corrected chi connectivity index (χ1v) is 12.5. The third-order valence-electron chi connectivity index (χ3n) is 5.77. The van der Waals surface area contributed by atoms with Gasteiger partial charge in [-0.05, 0) is 44.2 Å². The van der Waals surface area contributed by atoms with Gasteiger partial charge >= 0.3 is 0 Å². The van der Waals surface area contributed by atoms with Crippen LogP contribution in [0.25, 0.3) is 0 Å². The van der Waals surface area contributed by atoms with Crippen LogP contribution in [0.4, 0.5) is 0 Å². The Morgan fingerprint density at radius 1 is 1.21 bits per heavy atom. The molecule has 164 valence electrons. The van der Waals surface area contributed by atoms with Crippen LogP contribution < -0.4 is 5.32 Å². The van der Waals surface area contributed by atoms with Gasteiger partial charge in [0.25, 0.3) is 0 Å². The number of likely N-dealkylation sites (tertiary alicyclic amines) is 2. The SMILES string of the molecule is CCNC(=NCCS(C)(=O)=O)N1CCC2C(CCCN2Cc2ccccc2)C1.I. The fraction of sp³-hybridized carbons (Fsp3) is 0.667. The normalized spacial score (nSPS) is 23.2. The van der Waals surface area contributed by atoms with Crippen molar-refractivity contribution in [2.75, 3.05) is 44.7 Å². The zero-order valence-corrected chi connectivity index (χ0v) is 20.7. The van der Waals surface area contributed by atoms with Gasteiger partial charge in [-0.2, -0.15) is 0 Å². The molecule has 2 saturated heterocycles. The Hall–Kier alpha value is -0.870. The molecule has 3 rings (SSSR count). The summed E-state index contributed by atoms with van der Waals surface area (Å²) in [4.78, 5) is 9.58. The van der Waals surface area contributed by atoms with E-state index in [4.69, 9.17) is 0 Å². The van der Waals surface area contributed by atoms with Gasteiger partial charge in [-0.15, -0.1) is 24.0 Å². The highest BCUT2D eigenvalue weighted by Gasteiger charge is 2.36. The van der Waals surface area contributed by atoms with E-state index in [2.05, 4.69) is 57.4 Å². The Bertz CT molecular complexity index is 757. The van der Waals surface area contributed by atoms with Crippen LogP contribution in [0.3, 0.4) is 0 Å². The van der Waals surface area contributed by atoms with E-state index in [1.807, 2.05) is 0 Å². The Labute approximate surface area is 193 Å². The monoisotopic (exact) mass is 534 g/mol. The lowest BCUT2D eigenvalue weighted by molar-refractivity contribution is 0.0372. The van der Waals surface area contributed by atoms with E-state index < -0.39 is 9.84 Å². The van der Waals surface area contributed by atoms with Crippen LogP contribution in [0.1, 0.15) is 31.7 Å². The van der Waals surface area contributed by atoms with Gasteiger partial charge < -0.3 is 10.2 Å². The van der Waals surface area contributed by atoms with Crippen LogP contribution in [0, 0.1) is 5.92 Å². The van der Waals surface area contributed by atoms with Crippen molar-refractivity contribution in [2.24, 2.45) is 10.9 Å². The number of piperidine rings is 2. The third-order valence-corrected chi connectivity index (χ3v) is 6.69. The largest absolute Gasteiger partial charge is 0.357 e. The molecule has 2 unspecified atom stereocenters. The Balaban J connectivity index is 0.00000300. The maximum atomic E-state index is 11.4. The summed E-state index contributed by atoms with van der Waals surface area (Å²) in [5.74, 6) is 1.61. The highest BCUT2D eigenvalue weighted by Crippen LogP contribution is 2.31. The fourth-order valence-corrected chi connectivity index (χ4v) is 4.88. The molecular weight excluding hydrogens is 499 g/mol. The molecule has 6 nitrogen and oxygen atoms in total. The number of nitrogens with one attached hydrogen (secondary N) is 1. The minimum absolute atomic E-state index is 0. The molecule has 29 heavy (non-hydrogen) atoms. The predicted octanol–water partition coefficient (Wildman–Crippen LogP) is 2.60. The molecule has 2 aliphatic rings. The van der Waals surface area contributed by atoms with Crippen molar-refractivity contribution < 1.29 is 8.42 Å². The molecule has 1 aromatic carbocycles. The van der Waals surface area contributed by atoms with Crippen molar-refractivity contribution in [3.05, 3.63) is 35.9 Å². The number of guanidine groups is 1. The van der Waals surface area contributed by atoms with Crippen molar-refractivity contribution in [1.29, 1.82) is 0 Å². The van der Waals surface area contributed by atoms with Gasteiger partial charge in [-0.1, -0.05) is 30.3 Å². The van der Waals surface area contributed by atoms with E-state index >= 15 is 0 Å². The van der Waals surface area contributed by atoms with Crippen molar-refractivity contribution in [3.63, 3.8) is 0 Å². The average Bonchev–Trinajstić information content (AvgIpc) is 2.67. The molecule has 2 aliphatic heterocycles. The number of nitrogens with zero attached hydrogens (tertiary/aromatic N) is 3. The van der Waals surface area contributed by atoms with Crippen LogP contribution in [0.2, 0.25) is 0 Å². The van der Waals surface area contributed by atoms with E-state index in [-0.39, 0.29) is 29.7 Å². The molecule has 0 amide bonds. The summed E-state index contributed by atoms with van der Waals surface area (Å²) < 4.78 is 22.8. The zero-order valence-electron chi connectivity index (χ0n) is 17.6. The Morgan fingerprint density at radius 2 is 1.97 bits per heavy atom. The van der Waals surface area contributed by atoms with Crippen LogP contribution in [-0.2, 0) is 16.4 Å². The number of rotatable bonds is 6. The highest BCUT2D eigenvalue weighted by atomic mass is 127. The van der Waals surface area contributed by atoms with Gasteiger partial charge in [0.05, 0.1) is 12.3 Å². The molecule has 1 aromatic rings. The first kappa shape index (κ1) is 24.4. The van der Waals surface area contributed by atoms with Crippen LogP contribution in [-0.4, -0.2) is 75.0 Å². The fourth-order valence-electron chi connectivity index (χ4n) is 4.46. The second kappa shape index (κ2) is 11.5. The number of hydrogen-bond acceptors (Lipinski definition) is 4. The van der Waals surface area contributed by atoms with Gasteiger partial charge in [0.2, 0.25) is 0 Å². The first-order valence-electron chi connectivity index (χ1n) is 10.4. The first-order chi connectivity index (χ1) is 13.5. The van der Waals surface area contributed by atoms with E-state index in [0.29, 0.717) is 18.5 Å². The quantitative estimate of drug-likeness (QED) is 0.346. The summed E-state index contributed by atoms with van der Waals surface area (Å²) in [5, 5.41) is 3.35. The molecule has 1 N–H and O–H groups in total. The second-order valence-electron chi connectivity index (χ2n) is 8.03. The standard InChI is InChI=1S/C21H34N4O2S.HI/c1-3-22-21(23-12-15-28(2,26)27)25-14-11-20-19(17-25)10-7-13-24(20)16-18-8-5-4-6-9-18;/h4-6,8-9,19-20H,3,7,10-17H2,1-2H3,(H,22,23);1H. The van der Waals surface area contributed by atoms with Gasteiger partial charge in [-0.3, -0.25) is 9.89 Å².